The third-order valence-corrected chi connectivity index (χ3v) is 4.63. The van der Waals surface area contributed by atoms with Crippen LogP contribution in [0.4, 0.5) is 5.69 Å². The number of nitrogens with one attached hydrogen (secondary N) is 1. The zero-order chi connectivity index (χ0) is 19.4. The Labute approximate surface area is 158 Å². The lowest BCUT2D eigenvalue weighted by Gasteiger charge is -2.13. The summed E-state index contributed by atoms with van der Waals surface area (Å²) >= 11 is 0. The first-order valence-corrected chi connectivity index (χ1v) is 8.94. The molecule has 2 aromatic rings. The molecule has 0 aliphatic carbocycles. The molecule has 27 heavy (non-hydrogen) atoms. The first-order valence-electron chi connectivity index (χ1n) is 8.94. The zero-order valence-corrected chi connectivity index (χ0v) is 15.5. The molecule has 6 heteroatoms. The second kappa shape index (κ2) is 8.22. The molecule has 1 aliphatic rings. The molecule has 1 unspecified atom stereocenters. The van der Waals surface area contributed by atoms with Crippen molar-refractivity contribution in [2.45, 2.75) is 32.8 Å². The molecule has 1 heterocycles. The second-order valence-electron chi connectivity index (χ2n) is 6.71. The third kappa shape index (κ3) is 4.65. The molecule has 0 saturated carbocycles. The van der Waals surface area contributed by atoms with Crippen LogP contribution in [0, 0.1) is 13.8 Å². The summed E-state index contributed by atoms with van der Waals surface area (Å²) in [6.07, 6.45) is 2.21. The van der Waals surface area contributed by atoms with Crippen LogP contribution in [0.15, 0.2) is 36.4 Å². The van der Waals surface area contributed by atoms with Crippen molar-refractivity contribution in [2.75, 3.05) is 18.5 Å². The quantitative estimate of drug-likeness (QED) is 0.809. The highest BCUT2D eigenvalue weighted by molar-refractivity contribution is 6.05. The predicted octanol–water partition coefficient (Wildman–Crippen LogP) is 3.81. The maximum Gasteiger partial charge on any atom is 0.336 e. The van der Waals surface area contributed by atoms with Crippen LogP contribution in [0.5, 0.6) is 5.75 Å². The topological polar surface area (TPSA) is 84.9 Å². The van der Waals surface area contributed by atoms with Crippen molar-refractivity contribution in [3.63, 3.8) is 0 Å². The Bertz CT molecular complexity index is 838. The number of amides is 1. The minimum absolute atomic E-state index is 0.140. The van der Waals surface area contributed by atoms with Crippen LogP contribution in [0.2, 0.25) is 0 Å². The van der Waals surface area contributed by atoms with E-state index in [0.717, 1.165) is 25.0 Å². The van der Waals surface area contributed by atoms with Gasteiger partial charge in [-0.25, -0.2) is 4.79 Å². The van der Waals surface area contributed by atoms with Gasteiger partial charge < -0.3 is 19.9 Å². The lowest BCUT2D eigenvalue weighted by atomic mass is 10.0. The molecule has 0 spiro atoms. The molecule has 1 amide bonds. The number of carbonyl (C=O) groups is 2. The molecule has 6 nitrogen and oxygen atoms in total. The van der Waals surface area contributed by atoms with Gasteiger partial charge in [-0.15, -0.1) is 0 Å². The Morgan fingerprint density at radius 1 is 1.19 bits per heavy atom. The first-order chi connectivity index (χ1) is 12.9. The van der Waals surface area contributed by atoms with E-state index in [0.29, 0.717) is 29.2 Å². The first kappa shape index (κ1) is 18.9. The van der Waals surface area contributed by atoms with E-state index in [1.807, 2.05) is 6.92 Å². The molecule has 2 aromatic carbocycles. The second-order valence-corrected chi connectivity index (χ2v) is 6.71. The molecule has 0 aromatic heterocycles. The summed E-state index contributed by atoms with van der Waals surface area (Å²) < 4.78 is 11.2. The number of rotatable bonds is 6. The number of hydrogen-bond acceptors (Lipinski definition) is 4. The number of carboxylic acids is 1. The fourth-order valence-corrected chi connectivity index (χ4v) is 3.08. The lowest BCUT2D eigenvalue weighted by molar-refractivity contribution is 0.0679. The van der Waals surface area contributed by atoms with E-state index in [1.165, 1.54) is 6.07 Å². The summed E-state index contributed by atoms with van der Waals surface area (Å²) in [6, 6.07) is 10.1. The van der Waals surface area contributed by atoms with Crippen molar-refractivity contribution in [3.05, 3.63) is 58.7 Å². The fourth-order valence-electron chi connectivity index (χ4n) is 3.08. The number of carbonyl (C=O) groups excluding carboxylic acids is 1. The average Bonchev–Trinajstić information content (AvgIpc) is 3.16. The van der Waals surface area contributed by atoms with Crippen molar-refractivity contribution in [3.8, 4) is 5.75 Å². The van der Waals surface area contributed by atoms with Gasteiger partial charge in [-0.05, 0) is 68.1 Å². The minimum atomic E-state index is -1.02. The molecule has 3 rings (SSSR count). The van der Waals surface area contributed by atoms with Crippen molar-refractivity contribution in [2.24, 2.45) is 0 Å². The molecule has 0 radical (unpaired) electrons. The van der Waals surface area contributed by atoms with Crippen LogP contribution in [0.3, 0.4) is 0 Å². The van der Waals surface area contributed by atoms with E-state index in [-0.39, 0.29) is 17.6 Å². The van der Waals surface area contributed by atoms with Crippen molar-refractivity contribution >= 4 is 17.6 Å². The van der Waals surface area contributed by atoms with Gasteiger partial charge in [0.15, 0.2) is 0 Å². The van der Waals surface area contributed by atoms with E-state index < -0.39 is 5.97 Å². The van der Waals surface area contributed by atoms with Gasteiger partial charge in [0.1, 0.15) is 12.4 Å². The molecular formula is C21H23NO5. The highest BCUT2D eigenvalue weighted by Crippen LogP contribution is 2.22. The van der Waals surface area contributed by atoms with E-state index in [4.69, 9.17) is 9.47 Å². The summed E-state index contributed by atoms with van der Waals surface area (Å²) in [7, 11) is 0. The van der Waals surface area contributed by atoms with Gasteiger partial charge in [-0.3, -0.25) is 4.79 Å². The smallest absolute Gasteiger partial charge is 0.336 e. The Hall–Kier alpha value is -2.86. The lowest BCUT2D eigenvalue weighted by Crippen LogP contribution is -2.16. The zero-order valence-electron chi connectivity index (χ0n) is 15.5. The summed E-state index contributed by atoms with van der Waals surface area (Å²) in [6.45, 7) is 4.86. The van der Waals surface area contributed by atoms with Crippen LogP contribution >= 0.6 is 0 Å². The predicted molar refractivity (Wildman–Crippen MR) is 102 cm³/mol. The van der Waals surface area contributed by atoms with Gasteiger partial charge in [0.05, 0.1) is 11.7 Å². The van der Waals surface area contributed by atoms with Crippen molar-refractivity contribution < 1.29 is 24.2 Å². The number of carboxylic acid groups (broad SMARTS) is 1. The van der Waals surface area contributed by atoms with Gasteiger partial charge >= 0.3 is 5.97 Å². The molecule has 1 fully saturated rings. The van der Waals surface area contributed by atoms with Crippen LogP contribution in [0.25, 0.3) is 0 Å². The minimum Gasteiger partial charge on any atom is -0.491 e. The van der Waals surface area contributed by atoms with Crippen LogP contribution in [-0.4, -0.2) is 36.3 Å². The van der Waals surface area contributed by atoms with E-state index in [1.54, 1.807) is 37.3 Å². The number of hydrogen-bond donors (Lipinski definition) is 2. The number of ether oxygens (including phenoxy) is 2. The van der Waals surface area contributed by atoms with Gasteiger partial charge in [-0.2, -0.15) is 0 Å². The standard InChI is InChI=1S/C21H23NO5/c1-13-10-14(2)19(11-18(13)21(24)25)22-20(23)15-5-7-16(8-6-15)27-12-17-4-3-9-26-17/h5-8,10-11,17H,3-4,9,12H2,1-2H3,(H,22,23)(H,24,25). The van der Waals surface area contributed by atoms with E-state index in [9.17, 15) is 14.7 Å². The molecule has 1 aliphatic heterocycles. The van der Waals surface area contributed by atoms with E-state index in [2.05, 4.69) is 5.32 Å². The van der Waals surface area contributed by atoms with Gasteiger partial charge in [0.25, 0.3) is 5.91 Å². The maximum absolute atomic E-state index is 12.5. The Kier molecular flexibility index (Phi) is 5.76. The number of anilines is 1. The Balaban J connectivity index is 1.65. The molecule has 2 N–H and O–H groups in total. The maximum atomic E-state index is 12.5. The highest BCUT2D eigenvalue weighted by Gasteiger charge is 2.16. The summed E-state index contributed by atoms with van der Waals surface area (Å²) in [5, 5.41) is 12.0. The van der Waals surface area contributed by atoms with Crippen molar-refractivity contribution in [1.82, 2.24) is 0 Å². The monoisotopic (exact) mass is 369 g/mol. The largest absolute Gasteiger partial charge is 0.491 e. The summed E-state index contributed by atoms with van der Waals surface area (Å²) in [5.41, 5.74) is 2.60. The van der Waals surface area contributed by atoms with Crippen molar-refractivity contribution in [1.29, 1.82) is 0 Å². The molecule has 0 bridgehead atoms. The van der Waals surface area contributed by atoms with Crippen LogP contribution < -0.4 is 10.1 Å². The number of aryl methyl sites for hydroxylation is 2. The molecule has 1 saturated heterocycles. The molecule has 1 atom stereocenters. The van der Waals surface area contributed by atoms with Gasteiger partial charge in [-0.1, -0.05) is 6.07 Å². The Morgan fingerprint density at radius 3 is 2.56 bits per heavy atom. The fraction of sp³-hybridized carbons (Fsp3) is 0.333. The molecular weight excluding hydrogens is 346 g/mol. The summed E-state index contributed by atoms with van der Waals surface area (Å²) in [4.78, 5) is 23.8. The SMILES string of the molecule is Cc1cc(C)c(C(=O)O)cc1NC(=O)c1ccc(OCC2CCCO2)cc1. The van der Waals surface area contributed by atoms with E-state index >= 15 is 0 Å². The molecule has 142 valence electrons. The van der Waals surface area contributed by atoms with Gasteiger partial charge in [0, 0.05) is 17.9 Å². The van der Waals surface area contributed by atoms with Crippen LogP contribution in [0.1, 0.15) is 44.7 Å². The normalized spacial score (nSPS) is 16.1. The average molecular weight is 369 g/mol. The Morgan fingerprint density at radius 2 is 1.93 bits per heavy atom. The number of benzene rings is 2. The highest BCUT2D eigenvalue weighted by atomic mass is 16.5. The van der Waals surface area contributed by atoms with Crippen LogP contribution in [-0.2, 0) is 4.74 Å². The summed E-state index contributed by atoms with van der Waals surface area (Å²) in [5.74, 6) is -0.638. The third-order valence-electron chi connectivity index (χ3n) is 4.63. The number of aromatic carboxylic acids is 1. The van der Waals surface area contributed by atoms with Gasteiger partial charge in [0.2, 0.25) is 0 Å².